The maximum Gasteiger partial charge on any atom is 0.200 e. The molecule has 0 atom stereocenters. The molecule has 2 aromatic carbocycles. The third-order valence-corrected chi connectivity index (χ3v) is 3.92. The van der Waals surface area contributed by atoms with Crippen molar-refractivity contribution in [1.82, 2.24) is 4.98 Å². The van der Waals surface area contributed by atoms with Crippen molar-refractivity contribution in [3.05, 3.63) is 53.9 Å². The zero-order valence-corrected chi connectivity index (χ0v) is 11.1. The number of hydrogen-bond acceptors (Lipinski definition) is 3. The van der Waals surface area contributed by atoms with E-state index in [0.29, 0.717) is 11.4 Å². The number of ether oxygens (including phenoxy) is 1. The highest BCUT2D eigenvalue weighted by Gasteiger charge is 2.11. The van der Waals surface area contributed by atoms with Gasteiger partial charge in [0.1, 0.15) is 10.8 Å². The Bertz CT molecular complexity index is 753. The van der Waals surface area contributed by atoms with Gasteiger partial charge in [0.15, 0.2) is 0 Å². The van der Waals surface area contributed by atoms with Crippen LogP contribution in [-0.2, 0) is 0 Å². The lowest BCUT2D eigenvalue weighted by Crippen LogP contribution is -1.83. The molecule has 0 bridgehead atoms. The Kier molecular flexibility index (Phi) is 2.90. The monoisotopic (exact) mass is 266 g/mol. The van der Waals surface area contributed by atoms with E-state index in [9.17, 15) is 0 Å². The van der Waals surface area contributed by atoms with E-state index in [4.69, 9.17) is 11.3 Å². The summed E-state index contributed by atoms with van der Waals surface area (Å²) in [7, 11) is 1.60. The van der Waals surface area contributed by atoms with Crippen LogP contribution in [0.2, 0.25) is 0 Å². The Morgan fingerprint density at radius 1 is 1.21 bits per heavy atom. The summed E-state index contributed by atoms with van der Waals surface area (Å²) in [4.78, 5) is 8.14. The van der Waals surface area contributed by atoms with Gasteiger partial charge in [-0.3, -0.25) is 0 Å². The highest BCUT2D eigenvalue weighted by molar-refractivity contribution is 7.21. The Morgan fingerprint density at radius 2 is 2.05 bits per heavy atom. The van der Waals surface area contributed by atoms with Crippen LogP contribution in [0.3, 0.4) is 0 Å². The van der Waals surface area contributed by atoms with Crippen molar-refractivity contribution in [1.29, 1.82) is 0 Å². The van der Waals surface area contributed by atoms with Crippen LogP contribution >= 0.6 is 11.3 Å². The molecule has 3 aromatic rings. The molecule has 0 spiro atoms. The molecule has 0 aliphatic heterocycles. The predicted molar refractivity (Wildman–Crippen MR) is 77.9 cm³/mol. The Balaban J connectivity index is 2.18. The smallest absolute Gasteiger partial charge is 0.200 e. The normalized spacial score (nSPS) is 10.3. The van der Waals surface area contributed by atoms with Gasteiger partial charge >= 0.3 is 0 Å². The van der Waals surface area contributed by atoms with Crippen molar-refractivity contribution in [2.24, 2.45) is 0 Å². The van der Waals surface area contributed by atoms with Gasteiger partial charge in [-0.1, -0.05) is 18.2 Å². The van der Waals surface area contributed by atoms with E-state index in [1.165, 1.54) is 0 Å². The van der Waals surface area contributed by atoms with Gasteiger partial charge in [0.2, 0.25) is 5.69 Å². The summed E-state index contributed by atoms with van der Waals surface area (Å²) in [6.07, 6.45) is 0. The van der Waals surface area contributed by atoms with Gasteiger partial charge in [-0.25, -0.2) is 9.83 Å². The zero-order valence-electron chi connectivity index (χ0n) is 10.3. The lowest BCUT2D eigenvalue weighted by atomic mass is 10.2. The SMILES string of the molecule is [C-]#[N+]c1cc(OC)ccc1-c1nc2ccccc2s1. The molecule has 0 aliphatic rings. The number of methoxy groups -OCH3 is 1. The van der Waals surface area contributed by atoms with Gasteiger partial charge in [-0.15, -0.1) is 11.3 Å². The third kappa shape index (κ3) is 2.05. The quantitative estimate of drug-likeness (QED) is 0.637. The molecule has 1 heterocycles. The first-order chi connectivity index (χ1) is 9.31. The summed E-state index contributed by atoms with van der Waals surface area (Å²) in [5, 5.41) is 0.870. The first kappa shape index (κ1) is 11.7. The van der Waals surface area contributed by atoms with Gasteiger partial charge in [-0.2, -0.15) is 0 Å². The van der Waals surface area contributed by atoms with E-state index in [0.717, 1.165) is 20.8 Å². The topological polar surface area (TPSA) is 26.5 Å². The summed E-state index contributed by atoms with van der Waals surface area (Å²) < 4.78 is 6.28. The highest BCUT2D eigenvalue weighted by atomic mass is 32.1. The minimum Gasteiger partial charge on any atom is -0.498 e. The van der Waals surface area contributed by atoms with E-state index >= 15 is 0 Å². The Morgan fingerprint density at radius 3 is 2.79 bits per heavy atom. The lowest BCUT2D eigenvalue weighted by molar-refractivity contribution is 0.415. The van der Waals surface area contributed by atoms with Crippen molar-refractivity contribution in [3.8, 4) is 16.3 Å². The van der Waals surface area contributed by atoms with Gasteiger partial charge in [0.05, 0.1) is 23.9 Å². The molecule has 0 unspecified atom stereocenters. The van der Waals surface area contributed by atoms with E-state index < -0.39 is 0 Å². The number of hydrogen-bond donors (Lipinski definition) is 0. The molecule has 0 amide bonds. The van der Waals surface area contributed by atoms with Crippen LogP contribution in [-0.4, -0.2) is 12.1 Å². The van der Waals surface area contributed by atoms with Crippen molar-refractivity contribution in [2.45, 2.75) is 0 Å². The summed E-state index contributed by atoms with van der Waals surface area (Å²) in [6, 6.07) is 13.5. The van der Waals surface area contributed by atoms with Crippen LogP contribution < -0.4 is 4.74 Å². The van der Waals surface area contributed by atoms with Gasteiger partial charge < -0.3 is 4.74 Å². The maximum atomic E-state index is 7.29. The summed E-state index contributed by atoms with van der Waals surface area (Å²) >= 11 is 1.60. The number of benzene rings is 2. The average Bonchev–Trinajstić information content (AvgIpc) is 2.90. The van der Waals surface area contributed by atoms with E-state index in [1.807, 2.05) is 36.4 Å². The molecule has 4 heteroatoms. The molecule has 0 radical (unpaired) electrons. The fourth-order valence-corrected chi connectivity index (χ4v) is 2.90. The average molecular weight is 266 g/mol. The number of aromatic nitrogens is 1. The van der Waals surface area contributed by atoms with Crippen LogP contribution in [0.25, 0.3) is 25.6 Å². The van der Waals surface area contributed by atoms with E-state index in [1.54, 1.807) is 24.5 Å². The fraction of sp³-hybridized carbons (Fsp3) is 0.0667. The third-order valence-electron chi connectivity index (χ3n) is 2.85. The second-order valence-corrected chi connectivity index (χ2v) is 5.01. The Labute approximate surface area is 114 Å². The van der Waals surface area contributed by atoms with E-state index in [-0.39, 0.29) is 0 Å². The number of thiazole rings is 1. The molecule has 0 N–H and O–H groups in total. The minimum atomic E-state index is 0.568. The fourth-order valence-electron chi connectivity index (χ4n) is 1.90. The molecule has 92 valence electrons. The number of nitrogens with zero attached hydrogens (tertiary/aromatic N) is 2. The number of para-hydroxylation sites is 1. The van der Waals surface area contributed by atoms with Crippen molar-refractivity contribution < 1.29 is 4.74 Å². The van der Waals surface area contributed by atoms with Gasteiger partial charge in [0.25, 0.3) is 0 Å². The standard InChI is InChI=1S/C15H10N2OS/c1-16-13-9-10(18-2)7-8-11(13)15-17-12-5-3-4-6-14(12)19-15/h3-9H,2H3. The largest absolute Gasteiger partial charge is 0.498 e. The second kappa shape index (κ2) is 4.71. The maximum absolute atomic E-state index is 7.29. The van der Waals surface area contributed by atoms with Crippen molar-refractivity contribution in [2.75, 3.05) is 7.11 Å². The predicted octanol–water partition coefficient (Wildman–Crippen LogP) is 4.52. The minimum absolute atomic E-state index is 0.568. The zero-order chi connectivity index (χ0) is 13.2. The van der Waals surface area contributed by atoms with Gasteiger partial charge in [0, 0.05) is 5.56 Å². The van der Waals surface area contributed by atoms with E-state index in [2.05, 4.69) is 9.83 Å². The first-order valence-corrected chi connectivity index (χ1v) is 6.55. The van der Waals surface area contributed by atoms with Crippen LogP contribution in [0.4, 0.5) is 5.69 Å². The number of rotatable bonds is 2. The van der Waals surface area contributed by atoms with Crippen LogP contribution in [0.1, 0.15) is 0 Å². The number of fused-ring (bicyclic) bond motifs is 1. The molecular formula is C15H10N2OS. The summed E-state index contributed by atoms with van der Waals surface area (Å²) in [5.41, 5.74) is 2.39. The molecule has 1 aromatic heterocycles. The molecule has 19 heavy (non-hydrogen) atoms. The molecule has 0 fully saturated rings. The molecular weight excluding hydrogens is 256 g/mol. The lowest BCUT2D eigenvalue weighted by Gasteiger charge is -2.03. The molecule has 0 saturated heterocycles. The highest BCUT2D eigenvalue weighted by Crippen LogP contribution is 2.37. The van der Waals surface area contributed by atoms with Crippen LogP contribution in [0.15, 0.2) is 42.5 Å². The summed E-state index contributed by atoms with van der Waals surface area (Å²) in [5.74, 6) is 0.691. The molecule has 3 rings (SSSR count). The first-order valence-electron chi connectivity index (χ1n) is 5.73. The second-order valence-electron chi connectivity index (χ2n) is 3.98. The molecule has 0 aliphatic carbocycles. The van der Waals surface area contributed by atoms with Gasteiger partial charge in [-0.05, 0) is 24.3 Å². The summed E-state index contributed by atoms with van der Waals surface area (Å²) in [6.45, 7) is 7.29. The van der Waals surface area contributed by atoms with Crippen molar-refractivity contribution in [3.63, 3.8) is 0 Å². The van der Waals surface area contributed by atoms with Crippen LogP contribution in [0, 0.1) is 6.57 Å². The Hall–Kier alpha value is -2.38. The molecule has 3 nitrogen and oxygen atoms in total. The van der Waals surface area contributed by atoms with Crippen LogP contribution in [0.5, 0.6) is 5.75 Å². The van der Waals surface area contributed by atoms with Crippen molar-refractivity contribution >= 4 is 27.2 Å². The molecule has 0 saturated carbocycles.